The lowest BCUT2D eigenvalue weighted by molar-refractivity contribution is -0.151. The molecular formula is C21H24FN3O3. The average molecular weight is 385 g/mol. The Balaban J connectivity index is 2.23. The highest BCUT2D eigenvalue weighted by molar-refractivity contribution is 5.93. The molecule has 1 aromatic carbocycles. The molecule has 1 aromatic heterocycles. The van der Waals surface area contributed by atoms with Crippen molar-refractivity contribution < 1.29 is 18.7 Å². The first-order valence-corrected chi connectivity index (χ1v) is 9.09. The molecule has 1 amide bonds. The summed E-state index contributed by atoms with van der Waals surface area (Å²) in [5.41, 5.74) is 2.73. The minimum absolute atomic E-state index is 0.283. The second-order valence-corrected chi connectivity index (χ2v) is 6.72. The van der Waals surface area contributed by atoms with Crippen molar-refractivity contribution in [2.75, 3.05) is 11.9 Å². The first kappa shape index (κ1) is 21.2. The SMILES string of the molecule is CCC(C)C(=O)OCC(=O)Nc1c(C#N)c(C)c(C)n1Cc1ccc(F)cc1. The third-order valence-electron chi connectivity index (χ3n) is 4.81. The van der Waals surface area contributed by atoms with Gasteiger partial charge in [-0.2, -0.15) is 5.26 Å². The van der Waals surface area contributed by atoms with Gasteiger partial charge in [-0.25, -0.2) is 4.39 Å². The summed E-state index contributed by atoms with van der Waals surface area (Å²) in [6, 6.07) is 8.13. The van der Waals surface area contributed by atoms with Crippen molar-refractivity contribution in [1.29, 1.82) is 5.26 Å². The number of halogens is 1. The van der Waals surface area contributed by atoms with Crippen LogP contribution in [0.4, 0.5) is 10.2 Å². The van der Waals surface area contributed by atoms with E-state index in [0.717, 1.165) is 16.8 Å². The molecule has 1 unspecified atom stereocenters. The van der Waals surface area contributed by atoms with E-state index >= 15 is 0 Å². The van der Waals surface area contributed by atoms with E-state index < -0.39 is 18.5 Å². The molecule has 7 heteroatoms. The second kappa shape index (κ2) is 9.18. The topological polar surface area (TPSA) is 84.1 Å². The van der Waals surface area contributed by atoms with Crippen molar-refractivity contribution in [3.8, 4) is 6.07 Å². The quantitative estimate of drug-likeness (QED) is 0.737. The molecule has 0 aliphatic rings. The third-order valence-corrected chi connectivity index (χ3v) is 4.81. The van der Waals surface area contributed by atoms with Crippen LogP contribution in [0, 0.1) is 36.9 Å². The zero-order chi connectivity index (χ0) is 20.8. The molecule has 2 rings (SSSR count). The van der Waals surface area contributed by atoms with E-state index in [1.54, 1.807) is 30.5 Å². The largest absolute Gasteiger partial charge is 0.455 e. The van der Waals surface area contributed by atoms with Gasteiger partial charge in [-0.15, -0.1) is 0 Å². The number of ether oxygens (including phenoxy) is 1. The van der Waals surface area contributed by atoms with E-state index in [9.17, 15) is 19.2 Å². The number of anilines is 1. The summed E-state index contributed by atoms with van der Waals surface area (Å²) in [5.74, 6) is -1.24. The molecule has 1 N–H and O–H groups in total. The normalized spacial score (nSPS) is 11.6. The predicted octanol–water partition coefficient (Wildman–Crippen LogP) is 3.69. The molecular weight excluding hydrogens is 361 g/mol. The van der Waals surface area contributed by atoms with Crippen LogP contribution < -0.4 is 5.32 Å². The Kier molecular flexibility index (Phi) is 6.94. The molecule has 0 bridgehead atoms. The summed E-state index contributed by atoms with van der Waals surface area (Å²) < 4.78 is 20.0. The van der Waals surface area contributed by atoms with Gasteiger partial charge in [0.2, 0.25) is 0 Å². The number of esters is 1. The maximum Gasteiger partial charge on any atom is 0.309 e. The number of rotatable bonds is 7. The summed E-state index contributed by atoms with van der Waals surface area (Å²) in [6.45, 7) is 7.17. The lowest BCUT2D eigenvalue weighted by Gasteiger charge is -2.14. The van der Waals surface area contributed by atoms with Crippen molar-refractivity contribution in [1.82, 2.24) is 4.57 Å². The lowest BCUT2D eigenvalue weighted by atomic mass is 10.1. The van der Waals surface area contributed by atoms with Crippen LogP contribution >= 0.6 is 0 Å². The highest BCUT2D eigenvalue weighted by atomic mass is 19.1. The number of benzene rings is 1. The van der Waals surface area contributed by atoms with E-state index in [2.05, 4.69) is 11.4 Å². The van der Waals surface area contributed by atoms with Crippen molar-refractivity contribution in [2.24, 2.45) is 5.92 Å². The Morgan fingerprint density at radius 3 is 2.50 bits per heavy atom. The summed E-state index contributed by atoms with van der Waals surface area (Å²) in [6.07, 6.45) is 0.623. The zero-order valence-corrected chi connectivity index (χ0v) is 16.5. The number of hydrogen-bond donors (Lipinski definition) is 1. The molecule has 0 spiro atoms. The van der Waals surface area contributed by atoms with Gasteiger partial charge in [0.15, 0.2) is 6.61 Å². The van der Waals surface area contributed by atoms with Gasteiger partial charge < -0.3 is 14.6 Å². The van der Waals surface area contributed by atoms with Gasteiger partial charge in [0.25, 0.3) is 5.91 Å². The van der Waals surface area contributed by atoms with Crippen LogP contribution in [0.5, 0.6) is 0 Å². The fraction of sp³-hybridized carbons (Fsp3) is 0.381. The van der Waals surface area contributed by atoms with Crippen LogP contribution in [0.25, 0.3) is 0 Å². The van der Waals surface area contributed by atoms with E-state index in [1.165, 1.54) is 12.1 Å². The molecule has 0 saturated heterocycles. The molecule has 1 atom stereocenters. The number of carbonyl (C=O) groups excluding carboxylic acids is 2. The molecule has 6 nitrogen and oxygen atoms in total. The van der Waals surface area contributed by atoms with Gasteiger partial charge >= 0.3 is 5.97 Å². The Morgan fingerprint density at radius 1 is 1.29 bits per heavy atom. The first-order chi connectivity index (χ1) is 13.3. The minimum Gasteiger partial charge on any atom is -0.455 e. The van der Waals surface area contributed by atoms with E-state index in [4.69, 9.17) is 4.74 Å². The predicted molar refractivity (Wildman–Crippen MR) is 103 cm³/mol. The van der Waals surface area contributed by atoms with Crippen molar-refractivity contribution >= 4 is 17.7 Å². The standard InChI is InChI=1S/C21H24FN3O3/c1-5-13(2)21(27)28-12-19(26)24-20-18(10-23)14(3)15(4)25(20)11-16-6-8-17(22)9-7-16/h6-9,13H,5,11-12H2,1-4H3,(H,24,26). The number of nitrogens with zero attached hydrogens (tertiary/aromatic N) is 2. The van der Waals surface area contributed by atoms with Crippen LogP contribution in [-0.4, -0.2) is 23.1 Å². The summed E-state index contributed by atoms with van der Waals surface area (Å²) in [4.78, 5) is 24.1. The maximum atomic E-state index is 13.2. The van der Waals surface area contributed by atoms with Gasteiger partial charge in [-0.3, -0.25) is 9.59 Å². The number of carbonyl (C=O) groups is 2. The molecule has 2 aromatic rings. The van der Waals surface area contributed by atoms with E-state index in [1.807, 2.05) is 13.8 Å². The third kappa shape index (κ3) is 4.77. The first-order valence-electron chi connectivity index (χ1n) is 9.09. The average Bonchev–Trinajstić information content (AvgIpc) is 2.90. The van der Waals surface area contributed by atoms with Gasteiger partial charge in [-0.05, 0) is 43.5 Å². The van der Waals surface area contributed by atoms with Crippen LogP contribution in [-0.2, 0) is 20.9 Å². The summed E-state index contributed by atoms with van der Waals surface area (Å²) in [5, 5.41) is 12.2. The summed E-state index contributed by atoms with van der Waals surface area (Å²) in [7, 11) is 0. The maximum absolute atomic E-state index is 13.2. The Morgan fingerprint density at radius 2 is 1.93 bits per heavy atom. The van der Waals surface area contributed by atoms with Crippen LogP contribution in [0.2, 0.25) is 0 Å². The van der Waals surface area contributed by atoms with Gasteiger partial charge in [-0.1, -0.05) is 26.0 Å². The van der Waals surface area contributed by atoms with E-state index in [0.29, 0.717) is 24.3 Å². The number of nitriles is 1. The minimum atomic E-state index is -0.522. The van der Waals surface area contributed by atoms with E-state index in [-0.39, 0.29) is 11.7 Å². The number of amides is 1. The fourth-order valence-electron chi connectivity index (χ4n) is 2.71. The Bertz CT molecular complexity index is 910. The fourth-order valence-corrected chi connectivity index (χ4v) is 2.71. The smallest absolute Gasteiger partial charge is 0.309 e. The van der Waals surface area contributed by atoms with Gasteiger partial charge in [0, 0.05) is 12.2 Å². The van der Waals surface area contributed by atoms with Gasteiger partial charge in [0.05, 0.1) is 11.5 Å². The van der Waals surface area contributed by atoms with Crippen LogP contribution in [0.1, 0.15) is 42.7 Å². The number of aromatic nitrogens is 1. The molecule has 28 heavy (non-hydrogen) atoms. The highest BCUT2D eigenvalue weighted by Gasteiger charge is 2.21. The molecule has 1 heterocycles. The lowest BCUT2D eigenvalue weighted by Crippen LogP contribution is -2.25. The molecule has 0 fully saturated rings. The van der Waals surface area contributed by atoms with Crippen molar-refractivity contribution in [3.05, 3.63) is 52.5 Å². The summed E-state index contributed by atoms with van der Waals surface area (Å²) >= 11 is 0. The molecule has 148 valence electrons. The van der Waals surface area contributed by atoms with Crippen molar-refractivity contribution in [3.63, 3.8) is 0 Å². The number of nitrogens with one attached hydrogen (secondary N) is 1. The molecule has 0 saturated carbocycles. The molecule has 0 aliphatic carbocycles. The zero-order valence-electron chi connectivity index (χ0n) is 16.5. The highest BCUT2D eigenvalue weighted by Crippen LogP contribution is 2.27. The molecule has 0 radical (unpaired) electrons. The second-order valence-electron chi connectivity index (χ2n) is 6.72. The Hall–Kier alpha value is -3.14. The number of hydrogen-bond acceptors (Lipinski definition) is 4. The Labute approximate surface area is 163 Å². The monoisotopic (exact) mass is 385 g/mol. The van der Waals surface area contributed by atoms with Crippen LogP contribution in [0.3, 0.4) is 0 Å². The molecule has 0 aliphatic heterocycles. The van der Waals surface area contributed by atoms with Gasteiger partial charge in [0.1, 0.15) is 17.7 Å². The van der Waals surface area contributed by atoms with Crippen LogP contribution in [0.15, 0.2) is 24.3 Å². The van der Waals surface area contributed by atoms with Crippen molar-refractivity contribution in [2.45, 2.75) is 40.7 Å².